The number of anilines is 1. The molecule has 0 bridgehead atoms. The number of hydrogen-bond acceptors (Lipinski definition) is 3. The number of carbonyl (C=O) groups excluding carboxylic acids is 1. The minimum Gasteiger partial charge on any atom is -0.497 e. The first-order chi connectivity index (χ1) is 11.4. The van der Waals surface area contributed by atoms with Crippen molar-refractivity contribution in [1.82, 2.24) is 0 Å². The van der Waals surface area contributed by atoms with Crippen molar-refractivity contribution in [2.45, 2.75) is 31.5 Å². The SMILES string of the molecule is COc1ccc(NC(=O)O[C@@H](C[NH+]2CCCCC2)C(F)(F)F)cc1. The van der Waals surface area contributed by atoms with Gasteiger partial charge < -0.3 is 14.4 Å². The summed E-state index contributed by atoms with van der Waals surface area (Å²) in [5.41, 5.74) is 0.340. The molecule has 0 aromatic heterocycles. The first-order valence-corrected chi connectivity index (χ1v) is 7.90. The minimum absolute atomic E-state index is 0.250. The molecule has 0 aliphatic carbocycles. The van der Waals surface area contributed by atoms with Crippen LogP contribution < -0.4 is 15.0 Å². The number of quaternary nitrogens is 1. The predicted octanol–water partition coefficient (Wildman–Crippen LogP) is 2.24. The maximum Gasteiger partial charge on any atom is 0.431 e. The Labute approximate surface area is 138 Å². The van der Waals surface area contributed by atoms with Crippen molar-refractivity contribution in [1.29, 1.82) is 0 Å². The highest BCUT2D eigenvalue weighted by molar-refractivity contribution is 5.84. The molecule has 0 saturated carbocycles. The molecule has 1 aliphatic heterocycles. The maximum atomic E-state index is 13.1. The fraction of sp³-hybridized carbons (Fsp3) is 0.562. The number of amides is 1. The highest BCUT2D eigenvalue weighted by atomic mass is 19.4. The second kappa shape index (κ2) is 8.23. The van der Waals surface area contributed by atoms with Crippen LogP contribution >= 0.6 is 0 Å². The molecule has 8 heteroatoms. The van der Waals surface area contributed by atoms with Crippen LogP contribution in [0.2, 0.25) is 0 Å². The Hall–Kier alpha value is -1.96. The molecule has 0 unspecified atom stereocenters. The lowest BCUT2D eigenvalue weighted by Crippen LogP contribution is -3.14. The molecule has 1 amide bonds. The lowest BCUT2D eigenvalue weighted by Gasteiger charge is -2.28. The third-order valence-corrected chi connectivity index (χ3v) is 3.99. The van der Waals surface area contributed by atoms with E-state index < -0.39 is 18.4 Å². The summed E-state index contributed by atoms with van der Waals surface area (Å²) in [6.07, 6.45) is -4.96. The van der Waals surface area contributed by atoms with Gasteiger partial charge in [-0.3, -0.25) is 5.32 Å². The monoisotopic (exact) mass is 347 g/mol. The quantitative estimate of drug-likeness (QED) is 0.859. The second-order valence-corrected chi connectivity index (χ2v) is 5.80. The van der Waals surface area contributed by atoms with Crippen molar-refractivity contribution in [2.24, 2.45) is 0 Å². The van der Waals surface area contributed by atoms with Crippen LogP contribution in [0.1, 0.15) is 19.3 Å². The number of likely N-dealkylation sites (tertiary alicyclic amines) is 1. The number of nitrogens with one attached hydrogen (secondary N) is 2. The molecule has 1 aliphatic rings. The highest BCUT2D eigenvalue weighted by Gasteiger charge is 2.45. The normalized spacial score (nSPS) is 17.2. The molecule has 2 N–H and O–H groups in total. The van der Waals surface area contributed by atoms with Crippen molar-refractivity contribution in [3.8, 4) is 5.75 Å². The molecular formula is C16H22F3N2O3+. The molecule has 24 heavy (non-hydrogen) atoms. The lowest BCUT2D eigenvalue weighted by atomic mass is 10.1. The maximum absolute atomic E-state index is 13.1. The van der Waals surface area contributed by atoms with Crippen LogP contribution in [-0.4, -0.2) is 45.1 Å². The third kappa shape index (κ3) is 5.59. The summed E-state index contributed by atoms with van der Waals surface area (Å²) in [5.74, 6) is 0.579. The fourth-order valence-electron chi connectivity index (χ4n) is 2.69. The van der Waals surface area contributed by atoms with E-state index in [9.17, 15) is 18.0 Å². The molecule has 1 saturated heterocycles. The van der Waals surface area contributed by atoms with E-state index in [2.05, 4.69) is 10.1 Å². The third-order valence-electron chi connectivity index (χ3n) is 3.99. The van der Waals surface area contributed by atoms with Gasteiger partial charge in [-0.05, 0) is 43.5 Å². The molecule has 2 rings (SSSR count). The second-order valence-electron chi connectivity index (χ2n) is 5.80. The minimum atomic E-state index is -4.58. The summed E-state index contributed by atoms with van der Waals surface area (Å²) in [7, 11) is 1.49. The first-order valence-electron chi connectivity index (χ1n) is 7.90. The van der Waals surface area contributed by atoms with E-state index in [1.165, 1.54) is 19.2 Å². The van der Waals surface area contributed by atoms with Gasteiger partial charge in [-0.1, -0.05) is 0 Å². The number of halogens is 3. The molecule has 1 aromatic rings. The number of hydrogen-bond donors (Lipinski definition) is 2. The van der Waals surface area contributed by atoms with Crippen LogP contribution in [0.25, 0.3) is 0 Å². The van der Waals surface area contributed by atoms with Gasteiger partial charge in [0.2, 0.25) is 6.10 Å². The van der Waals surface area contributed by atoms with Crippen molar-refractivity contribution in [2.75, 3.05) is 32.1 Å². The highest BCUT2D eigenvalue weighted by Crippen LogP contribution is 2.23. The van der Waals surface area contributed by atoms with Gasteiger partial charge in [0.25, 0.3) is 0 Å². The number of piperidine rings is 1. The molecule has 1 heterocycles. The zero-order chi connectivity index (χ0) is 17.6. The van der Waals surface area contributed by atoms with Crippen molar-refractivity contribution in [3.63, 3.8) is 0 Å². The summed E-state index contributed by atoms with van der Waals surface area (Å²) in [6, 6.07) is 6.24. The fourth-order valence-corrected chi connectivity index (χ4v) is 2.69. The van der Waals surface area contributed by atoms with E-state index in [1.54, 1.807) is 12.1 Å². The summed E-state index contributed by atoms with van der Waals surface area (Å²) in [6.45, 7) is 1.10. The topological polar surface area (TPSA) is 52.0 Å². The average molecular weight is 347 g/mol. The van der Waals surface area contributed by atoms with Gasteiger partial charge in [0, 0.05) is 5.69 Å². The van der Waals surface area contributed by atoms with Crippen LogP contribution in [0, 0.1) is 0 Å². The molecule has 0 spiro atoms. The van der Waals surface area contributed by atoms with E-state index in [4.69, 9.17) is 4.74 Å². The van der Waals surface area contributed by atoms with Gasteiger partial charge >= 0.3 is 12.3 Å². The van der Waals surface area contributed by atoms with E-state index in [-0.39, 0.29) is 6.54 Å². The van der Waals surface area contributed by atoms with Crippen molar-refractivity contribution < 1.29 is 32.3 Å². The molecule has 0 radical (unpaired) electrons. The van der Waals surface area contributed by atoms with Crippen LogP contribution in [0.5, 0.6) is 5.75 Å². The zero-order valence-corrected chi connectivity index (χ0v) is 13.5. The van der Waals surface area contributed by atoms with E-state index >= 15 is 0 Å². The van der Waals surface area contributed by atoms with Crippen LogP contribution in [0.3, 0.4) is 0 Å². The molecule has 1 aromatic carbocycles. The Balaban J connectivity index is 1.93. The first kappa shape index (κ1) is 18.4. The number of rotatable bonds is 5. The summed E-state index contributed by atoms with van der Waals surface area (Å²) < 4.78 is 49.0. The van der Waals surface area contributed by atoms with Gasteiger partial charge in [0.15, 0.2) is 0 Å². The standard InChI is InChI=1S/C16H21F3N2O3/c1-23-13-7-5-12(6-8-13)20-15(22)24-14(16(17,18)19)11-21-9-3-2-4-10-21/h5-8,14H,2-4,9-11H2,1H3,(H,20,22)/p+1/t14-/m0/s1. The van der Waals surface area contributed by atoms with Crippen molar-refractivity contribution in [3.05, 3.63) is 24.3 Å². The van der Waals surface area contributed by atoms with Crippen LogP contribution in [-0.2, 0) is 4.74 Å². The number of benzene rings is 1. The summed E-state index contributed by atoms with van der Waals surface area (Å²) >= 11 is 0. The summed E-state index contributed by atoms with van der Waals surface area (Å²) in [4.78, 5) is 12.6. The van der Waals surface area contributed by atoms with Gasteiger partial charge in [0.1, 0.15) is 12.3 Å². The number of carbonyl (C=O) groups is 1. The van der Waals surface area contributed by atoms with Gasteiger partial charge in [-0.2, -0.15) is 13.2 Å². The number of methoxy groups -OCH3 is 1. The van der Waals surface area contributed by atoms with Gasteiger partial charge in [0.05, 0.1) is 20.2 Å². The van der Waals surface area contributed by atoms with Gasteiger partial charge in [-0.15, -0.1) is 0 Å². The Bertz CT molecular complexity index is 528. The van der Waals surface area contributed by atoms with Crippen molar-refractivity contribution >= 4 is 11.8 Å². The number of ether oxygens (including phenoxy) is 2. The van der Waals surface area contributed by atoms with E-state index in [0.717, 1.165) is 24.2 Å². The van der Waals surface area contributed by atoms with E-state index in [0.29, 0.717) is 24.5 Å². The summed E-state index contributed by atoms with van der Waals surface area (Å²) in [5, 5.41) is 2.31. The predicted molar refractivity (Wildman–Crippen MR) is 82.4 cm³/mol. The van der Waals surface area contributed by atoms with E-state index in [1.807, 2.05) is 0 Å². The number of alkyl halides is 3. The average Bonchev–Trinajstić information content (AvgIpc) is 2.55. The Morgan fingerprint density at radius 3 is 2.38 bits per heavy atom. The smallest absolute Gasteiger partial charge is 0.431 e. The molecule has 5 nitrogen and oxygen atoms in total. The van der Waals surface area contributed by atoms with Gasteiger partial charge in [-0.25, -0.2) is 4.79 Å². The molecule has 1 atom stereocenters. The Morgan fingerprint density at radius 1 is 1.21 bits per heavy atom. The van der Waals surface area contributed by atoms with Crippen LogP contribution in [0.4, 0.5) is 23.7 Å². The van der Waals surface area contributed by atoms with Crippen LogP contribution in [0.15, 0.2) is 24.3 Å². The molecule has 1 fully saturated rings. The Kier molecular flexibility index (Phi) is 6.30. The zero-order valence-electron chi connectivity index (χ0n) is 13.5. The lowest BCUT2D eigenvalue weighted by molar-refractivity contribution is -0.909. The molecular weight excluding hydrogens is 325 g/mol. The Morgan fingerprint density at radius 2 is 1.83 bits per heavy atom. The largest absolute Gasteiger partial charge is 0.497 e. The molecule has 134 valence electrons.